The Balaban J connectivity index is 1.69. The molecule has 1 amide bonds. The van der Waals surface area contributed by atoms with Crippen LogP contribution in [0.25, 0.3) is 0 Å². The minimum absolute atomic E-state index is 0.0616. The number of amides is 1. The van der Waals surface area contributed by atoms with E-state index in [-0.39, 0.29) is 5.91 Å². The summed E-state index contributed by atoms with van der Waals surface area (Å²) in [5.74, 6) is 0.0616. The van der Waals surface area contributed by atoms with E-state index in [0.717, 1.165) is 24.7 Å². The van der Waals surface area contributed by atoms with E-state index >= 15 is 0 Å². The molecular weight excluding hydrogens is 274 g/mol. The quantitative estimate of drug-likeness (QED) is 0.795. The number of carbonyl (C=O) groups excluding carboxylic acids is 2. The number of carbonyl (C=O) groups is 2. The van der Waals surface area contributed by atoms with Crippen molar-refractivity contribution >= 4 is 12.2 Å². The van der Waals surface area contributed by atoms with Crippen LogP contribution in [-0.4, -0.2) is 12.2 Å². The van der Waals surface area contributed by atoms with Crippen molar-refractivity contribution in [3.8, 4) is 0 Å². The highest BCUT2D eigenvalue weighted by atomic mass is 16.1. The molecule has 22 heavy (non-hydrogen) atoms. The lowest BCUT2D eigenvalue weighted by Gasteiger charge is -2.06. The molecule has 2 aromatic rings. The average Bonchev–Trinajstić information content (AvgIpc) is 2.55. The van der Waals surface area contributed by atoms with Crippen molar-refractivity contribution < 1.29 is 9.59 Å². The smallest absolute Gasteiger partial charge is 0.220 e. The third kappa shape index (κ3) is 5.17. The fourth-order valence-electron chi connectivity index (χ4n) is 2.21. The van der Waals surface area contributed by atoms with Crippen LogP contribution in [0.1, 0.15) is 39.9 Å². The predicted octanol–water partition coefficient (Wildman–Crippen LogP) is 3.45. The Bertz CT molecular complexity index is 615. The van der Waals surface area contributed by atoms with Crippen LogP contribution in [0, 0.1) is 6.92 Å². The molecule has 0 aromatic heterocycles. The van der Waals surface area contributed by atoms with E-state index in [4.69, 9.17) is 0 Å². The SMILES string of the molecule is Cc1ccc(CCCC(=O)NCc2ccc(C=O)cc2)cc1. The van der Waals surface area contributed by atoms with Gasteiger partial charge in [-0.05, 0) is 30.9 Å². The maximum Gasteiger partial charge on any atom is 0.220 e. The minimum atomic E-state index is 0.0616. The van der Waals surface area contributed by atoms with Crippen LogP contribution in [0.15, 0.2) is 48.5 Å². The van der Waals surface area contributed by atoms with Gasteiger partial charge in [-0.2, -0.15) is 0 Å². The summed E-state index contributed by atoms with van der Waals surface area (Å²) in [4.78, 5) is 22.4. The van der Waals surface area contributed by atoms with Gasteiger partial charge in [-0.1, -0.05) is 54.1 Å². The number of hydrogen-bond acceptors (Lipinski definition) is 2. The highest BCUT2D eigenvalue weighted by Crippen LogP contribution is 2.07. The summed E-state index contributed by atoms with van der Waals surface area (Å²) in [7, 11) is 0. The molecule has 0 bridgehead atoms. The Morgan fingerprint density at radius 2 is 1.64 bits per heavy atom. The molecular formula is C19H21NO2. The fourth-order valence-corrected chi connectivity index (χ4v) is 2.21. The third-order valence-corrected chi connectivity index (χ3v) is 3.60. The Kier molecular flexibility index (Phi) is 5.90. The first-order valence-corrected chi connectivity index (χ1v) is 7.54. The molecule has 1 N–H and O–H groups in total. The Labute approximate surface area is 131 Å². The second-order valence-electron chi connectivity index (χ2n) is 5.48. The Morgan fingerprint density at radius 1 is 1.00 bits per heavy atom. The average molecular weight is 295 g/mol. The molecule has 2 aromatic carbocycles. The van der Waals surface area contributed by atoms with Gasteiger partial charge in [-0.15, -0.1) is 0 Å². The van der Waals surface area contributed by atoms with E-state index in [1.165, 1.54) is 11.1 Å². The van der Waals surface area contributed by atoms with Gasteiger partial charge in [-0.3, -0.25) is 9.59 Å². The van der Waals surface area contributed by atoms with Crippen molar-refractivity contribution in [2.45, 2.75) is 32.7 Å². The number of aldehydes is 1. The second-order valence-corrected chi connectivity index (χ2v) is 5.48. The van der Waals surface area contributed by atoms with Gasteiger partial charge in [-0.25, -0.2) is 0 Å². The van der Waals surface area contributed by atoms with Gasteiger partial charge in [0.25, 0.3) is 0 Å². The van der Waals surface area contributed by atoms with Gasteiger partial charge in [0.2, 0.25) is 5.91 Å². The van der Waals surface area contributed by atoms with E-state index in [9.17, 15) is 9.59 Å². The van der Waals surface area contributed by atoms with Gasteiger partial charge in [0.05, 0.1) is 0 Å². The summed E-state index contributed by atoms with van der Waals surface area (Å²) >= 11 is 0. The summed E-state index contributed by atoms with van der Waals surface area (Å²) in [6, 6.07) is 15.6. The molecule has 0 radical (unpaired) electrons. The maximum atomic E-state index is 11.8. The maximum absolute atomic E-state index is 11.8. The second kappa shape index (κ2) is 8.13. The van der Waals surface area contributed by atoms with Crippen molar-refractivity contribution in [3.05, 3.63) is 70.8 Å². The molecule has 0 spiro atoms. The lowest BCUT2D eigenvalue weighted by atomic mass is 10.1. The zero-order valence-electron chi connectivity index (χ0n) is 12.8. The fraction of sp³-hybridized carbons (Fsp3) is 0.263. The molecule has 114 valence electrons. The molecule has 0 heterocycles. The molecule has 0 atom stereocenters. The van der Waals surface area contributed by atoms with Crippen molar-refractivity contribution in [2.75, 3.05) is 0 Å². The summed E-state index contributed by atoms with van der Waals surface area (Å²) in [5, 5.41) is 2.90. The summed E-state index contributed by atoms with van der Waals surface area (Å²) < 4.78 is 0. The number of nitrogens with one attached hydrogen (secondary N) is 1. The number of aryl methyl sites for hydroxylation is 2. The first-order chi connectivity index (χ1) is 10.7. The van der Waals surface area contributed by atoms with Gasteiger partial charge < -0.3 is 5.32 Å². The van der Waals surface area contributed by atoms with E-state index in [1.54, 1.807) is 12.1 Å². The molecule has 0 aliphatic heterocycles. The van der Waals surface area contributed by atoms with Gasteiger partial charge >= 0.3 is 0 Å². The highest BCUT2D eigenvalue weighted by Gasteiger charge is 2.02. The van der Waals surface area contributed by atoms with E-state index in [2.05, 4.69) is 36.5 Å². The molecule has 0 fully saturated rings. The zero-order chi connectivity index (χ0) is 15.8. The van der Waals surface area contributed by atoms with Gasteiger partial charge in [0, 0.05) is 18.5 Å². The molecule has 3 heteroatoms. The van der Waals surface area contributed by atoms with E-state index in [1.807, 2.05) is 12.1 Å². The number of benzene rings is 2. The van der Waals surface area contributed by atoms with Crippen LogP contribution in [-0.2, 0) is 17.8 Å². The molecule has 3 nitrogen and oxygen atoms in total. The summed E-state index contributed by atoms with van der Waals surface area (Å²) in [6.07, 6.45) is 3.11. The van der Waals surface area contributed by atoms with Gasteiger partial charge in [0.1, 0.15) is 6.29 Å². The third-order valence-electron chi connectivity index (χ3n) is 3.60. The lowest BCUT2D eigenvalue weighted by Crippen LogP contribution is -2.22. The molecule has 0 aliphatic rings. The topological polar surface area (TPSA) is 46.2 Å². The molecule has 0 aliphatic carbocycles. The minimum Gasteiger partial charge on any atom is -0.352 e. The Morgan fingerprint density at radius 3 is 2.27 bits per heavy atom. The first-order valence-electron chi connectivity index (χ1n) is 7.54. The monoisotopic (exact) mass is 295 g/mol. The van der Waals surface area contributed by atoms with Crippen molar-refractivity contribution in [1.29, 1.82) is 0 Å². The first kappa shape index (κ1) is 16.0. The van der Waals surface area contributed by atoms with E-state index in [0.29, 0.717) is 18.5 Å². The molecule has 0 unspecified atom stereocenters. The van der Waals surface area contributed by atoms with Crippen molar-refractivity contribution in [3.63, 3.8) is 0 Å². The largest absolute Gasteiger partial charge is 0.352 e. The van der Waals surface area contributed by atoms with Crippen molar-refractivity contribution in [2.24, 2.45) is 0 Å². The van der Waals surface area contributed by atoms with Crippen LogP contribution in [0.4, 0.5) is 0 Å². The van der Waals surface area contributed by atoms with Crippen LogP contribution >= 0.6 is 0 Å². The van der Waals surface area contributed by atoms with Crippen LogP contribution in [0.3, 0.4) is 0 Å². The zero-order valence-corrected chi connectivity index (χ0v) is 12.8. The molecule has 0 saturated heterocycles. The predicted molar refractivity (Wildman–Crippen MR) is 87.8 cm³/mol. The van der Waals surface area contributed by atoms with Crippen LogP contribution < -0.4 is 5.32 Å². The van der Waals surface area contributed by atoms with E-state index < -0.39 is 0 Å². The molecule has 0 saturated carbocycles. The Hall–Kier alpha value is -2.42. The molecule has 2 rings (SSSR count). The van der Waals surface area contributed by atoms with Gasteiger partial charge in [0.15, 0.2) is 0 Å². The van der Waals surface area contributed by atoms with Crippen molar-refractivity contribution in [1.82, 2.24) is 5.32 Å². The normalized spacial score (nSPS) is 10.2. The number of hydrogen-bond donors (Lipinski definition) is 1. The lowest BCUT2D eigenvalue weighted by molar-refractivity contribution is -0.121. The number of rotatable bonds is 7. The van der Waals surface area contributed by atoms with Crippen LogP contribution in [0.5, 0.6) is 0 Å². The highest BCUT2D eigenvalue weighted by molar-refractivity contribution is 5.76. The summed E-state index contributed by atoms with van der Waals surface area (Å²) in [6.45, 7) is 2.57. The summed E-state index contributed by atoms with van der Waals surface area (Å²) in [5.41, 5.74) is 4.16. The van der Waals surface area contributed by atoms with Crippen LogP contribution in [0.2, 0.25) is 0 Å². The standard InChI is InChI=1S/C19H21NO2/c1-15-5-7-16(8-6-15)3-2-4-19(22)20-13-17-9-11-18(14-21)12-10-17/h5-12,14H,2-4,13H2,1H3,(H,20,22).